The zero-order valence-corrected chi connectivity index (χ0v) is 12.9. The van der Waals surface area contributed by atoms with Crippen LogP contribution in [-0.2, 0) is 17.7 Å². The predicted octanol–water partition coefficient (Wildman–Crippen LogP) is 5.44. The summed E-state index contributed by atoms with van der Waals surface area (Å²) in [6, 6.07) is 4.51. The lowest BCUT2D eigenvalue weighted by Gasteiger charge is -2.25. The van der Waals surface area contributed by atoms with Crippen LogP contribution < -0.4 is 0 Å². The Morgan fingerprint density at radius 3 is 2.31 bits per heavy atom. The van der Waals surface area contributed by atoms with Crippen LogP contribution in [-0.4, -0.2) is 0 Å². The van der Waals surface area contributed by atoms with Gasteiger partial charge in [-0.05, 0) is 41.0 Å². The van der Waals surface area contributed by atoms with Crippen molar-refractivity contribution in [1.82, 2.24) is 0 Å². The molecular weight excluding hydrogens is 284 g/mol. The van der Waals surface area contributed by atoms with Crippen molar-refractivity contribution in [2.75, 3.05) is 0 Å². The summed E-state index contributed by atoms with van der Waals surface area (Å²) in [5.74, 6) is 0.593. The zero-order valence-electron chi connectivity index (χ0n) is 10.5. The van der Waals surface area contributed by atoms with E-state index in [9.17, 15) is 0 Å². The van der Waals surface area contributed by atoms with Gasteiger partial charge in [-0.3, -0.25) is 0 Å². The molecule has 0 unspecified atom stereocenters. The molecule has 1 aromatic carbocycles. The summed E-state index contributed by atoms with van der Waals surface area (Å²) < 4.78 is 1.20. The fraction of sp³-hybridized carbons (Fsp3) is 0.571. The van der Waals surface area contributed by atoms with Crippen molar-refractivity contribution < 1.29 is 0 Å². The van der Waals surface area contributed by atoms with Gasteiger partial charge in [0.2, 0.25) is 0 Å². The van der Waals surface area contributed by atoms with Crippen molar-refractivity contribution in [2.45, 2.75) is 51.8 Å². The molecule has 0 saturated carbocycles. The molecule has 0 saturated heterocycles. The van der Waals surface area contributed by atoms with Crippen LogP contribution in [0.1, 0.15) is 50.8 Å². The van der Waals surface area contributed by atoms with E-state index < -0.39 is 0 Å². The van der Waals surface area contributed by atoms with Gasteiger partial charge in [0, 0.05) is 10.4 Å². The molecule has 0 atom stereocenters. The average molecular weight is 304 g/mol. The molecule has 90 valence electrons. The summed E-state index contributed by atoms with van der Waals surface area (Å²) in [6.07, 6.45) is 2.15. The molecule has 0 aromatic heterocycles. The molecule has 0 N–H and O–H groups in total. The Labute approximate surface area is 113 Å². The van der Waals surface area contributed by atoms with E-state index in [0.717, 1.165) is 12.8 Å². The first-order valence-electron chi connectivity index (χ1n) is 5.84. The van der Waals surface area contributed by atoms with Crippen LogP contribution in [0, 0.1) is 0 Å². The van der Waals surface area contributed by atoms with Crippen LogP contribution in [0.3, 0.4) is 0 Å². The van der Waals surface area contributed by atoms with Crippen molar-refractivity contribution in [3.05, 3.63) is 33.3 Å². The third kappa shape index (κ3) is 2.81. The van der Waals surface area contributed by atoms with Gasteiger partial charge in [-0.15, -0.1) is 11.6 Å². The summed E-state index contributed by atoms with van der Waals surface area (Å²) in [6.45, 7) is 8.94. The SMILES string of the molecule is CCc1c(Br)cc(C(C)(C)CC)cc1CCl. The molecule has 0 aliphatic carbocycles. The number of hydrogen-bond donors (Lipinski definition) is 0. The zero-order chi connectivity index (χ0) is 12.3. The monoisotopic (exact) mass is 302 g/mol. The second kappa shape index (κ2) is 5.55. The van der Waals surface area contributed by atoms with E-state index in [1.165, 1.54) is 21.2 Å². The van der Waals surface area contributed by atoms with E-state index in [4.69, 9.17) is 11.6 Å². The highest BCUT2D eigenvalue weighted by Gasteiger charge is 2.20. The van der Waals surface area contributed by atoms with Crippen LogP contribution in [0.2, 0.25) is 0 Å². The summed E-state index contributed by atoms with van der Waals surface area (Å²) in [4.78, 5) is 0. The van der Waals surface area contributed by atoms with Crippen molar-refractivity contribution in [3.8, 4) is 0 Å². The quantitative estimate of drug-likeness (QED) is 0.650. The van der Waals surface area contributed by atoms with Gasteiger partial charge >= 0.3 is 0 Å². The number of benzene rings is 1. The lowest BCUT2D eigenvalue weighted by Crippen LogP contribution is -2.16. The Morgan fingerprint density at radius 1 is 1.25 bits per heavy atom. The summed E-state index contributed by atoms with van der Waals surface area (Å²) in [5.41, 5.74) is 4.19. The van der Waals surface area contributed by atoms with Crippen molar-refractivity contribution in [3.63, 3.8) is 0 Å². The van der Waals surface area contributed by atoms with Crippen LogP contribution in [0.25, 0.3) is 0 Å². The maximum atomic E-state index is 6.03. The molecule has 1 aromatic rings. The minimum absolute atomic E-state index is 0.218. The summed E-state index contributed by atoms with van der Waals surface area (Å²) in [7, 11) is 0. The molecule has 2 heteroatoms. The molecule has 0 nitrogen and oxygen atoms in total. The third-order valence-corrected chi connectivity index (χ3v) is 4.45. The molecule has 0 heterocycles. The van der Waals surface area contributed by atoms with Crippen molar-refractivity contribution in [2.24, 2.45) is 0 Å². The maximum Gasteiger partial charge on any atom is 0.0477 e. The molecule has 0 radical (unpaired) electrons. The van der Waals surface area contributed by atoms with Crippen LogP contribution >= 0.6 is 27.5 Å². The van der Waals surface area contributed by atoms with Gasteiger partial charge in [-0.1, -0.05) is 49.7 Å². The van der Waals surface area contributed by atoms with Gasteiger partial charge in [-0.2, -0.15) is 0 Å². The van der Waals surface area contributed by atoms with Gasteiger partial charge in [-0.25, -0.2) is 0 Å². The predicted molar refractivity (Wildman–Crippen MR) is 76.4 cm³/mol. The number of halogens is 2. The van der Waals surface area contributed by atoms with E-state index in [0.29, 0.717) is 5.88 Å². The Bertz CT molecular complexity index is 369. The molecule has 0 aliphatic rings. The fourth-order valence-electron chi connectivity index (χ4n) is 1.80. The average Bonchev–Trinajstić information content (AvgIpc) is 2.27. The van der Waals surface area contributed by atoms with E-state index in [1.54, 1.807) is 0 Å². The van der Waals surface area contributed by atoms with Gasteiger partial charge in [0.1, 0.15) is 0 Å². The maximum absolute atomic E-state index is 6.03. The normalized spacial score (nSPS) is 11.9. The lowest BCUT2D eigenvalue weighted by atomic mass is 9.81. The standard InChI is InChI=1S/C14H20BrCl/c1-5-12-10(9-16)7-11(8-13(12)15)14(3,4)6-2/h7-8H,5-6,9H2,1-4H3. The highest BCUT2D eigenvalue weighted by molar-refractivity contribution is 9.10. The van der Waals surface area contributed by atoms with Crippen molar-refractivity contribution in [1.29, 1.82) is 0 Å². The molecule has 0 bridgehead atoms. The first-order valence-corrected chi connectivity index (χ1v) is 7.16. The second-order valence-corrected chi connectivity index (χ2v) is 5.94. The molecule has 0 aliphatic heterocycles. The van der Waals surface area contributed by atoms with Gasteiger partial charge in [0.05, 0.1) is 0 Å². The molecular formula is C14H20BrCl. The summed E-state index contributed by atoms with van der Waals surface area (Å²) in [5, 5.41) is 0. The van der Waals surface area contributed by atoms with Gasteiger partial charge in [0.15, 0.2) is 0 Å². The van der Waals surface area contributed by atoms with Gasteiger partial charge < -0.3 is 0 Å². The lowest BCUT2D eigenvalue weighted by molar-refractivity contribution is 0.505. The van der Waals surface area contributed by atoms with Gasteiger partial charge in [0.25, 0.3) is 0 Å². The minimum atomic E-state index is 0.218. The van der Waals surface area contributed by atoms with Crippen LogP contribution in [0.4, 0.5) is 0 Å². The Kier molecular flexibility index (Phi) is 4.88. The summed E-state index contributed by atoms with van der Waals surface area (Å²) >= 11 is 9.69. The first kappa shape index (κ1) is 14.1. The van der Waals surface area contributed by atoms with Crippen LogP contribution in [0.15, 0.2) is 16.6 Å². The highest BCUT2D eigenvalue weighted by atomic mass is 79.9. The van der Waals surface area contributed by atoms with E-state index >= 15 is 0 Å². The van der Waals surface area contributed by atoms with Crippen molar-refractivity contribution >= 4 is 27.5 Å². The van der Waals surface area contributed by atoms with E-state index in [1.807, 2.05) is 0 Å². The fourth-order valence-corrected chi connectivity index (χ4v) is 2.82. The third-order valence-electron chi connectivity index (χ3n) is 3.45. The molecule has 16 heavy (non-hydrogen) atoms. The number of rotatable bonds is 4. The Balaban J connectivity index is 3.31. The molecule has 0 spiro atoms. The minimum Gasteiger partial charge on any atom is -0.122 e. The van der Waals surface area contributed by atoms with Crippen LogP contribution in [0.5, 0.6) is 0 Å². The Hall–Kier alpha value is -0.0100. The second-order valence-electron chi connectivity index (χ2n) is 4.82. The van der Waals surface area contributed by atoms with E-state index in [-0.39, 0.29) is 5.41 Å². The number of alkyl halides is 1. The number of hydrogen-bond acceptors (Lipinski definition) is 0. The largest absolute Gasteiger partial charge is 0.122 e. The molecule has 0 fully saturated rings. The van der Waals surface area contributed by atoms with E-state index in [2.05, 4.69) is 55.8 Å². The first-order chi connectivity index (χ1) is 7.46. The topological polar surface area (TPSA) is 0 Å². The smallest absolute Gasteiger partial charge is 0.0477 e. The molecule has 0 amide bonds. The molecule has 1 rings (SSSR count). The highest BCUT2D eigenvalue weighted by Crippen LogP contribution is 2.33. The Morgan fingerprint density at radius 2 is 1.88 bits per heavy atom.